The summed E-state index contributed by atoms with van der Waals surface area (Å²) in [4.78, 5) is 0. The number of nitrogens with two attached hydrogens (primary N) is 1. The predicted octanol–water partition coefficient (Wildman–Crippen LogP) is 2.52. The summed E-state index contributed by atoms with van der Waals surface area (Å²) in [6.45, 7) is 0.899. The number of methoxy groups -OCH3 is 2. The Morgan fingerprint density at radius 3 is 2.57 bits per heavy atom. The normalized spacial score (nSPS) is 17.1. The standard InChI is InChI=1S/C17H20N2O2/c1-20-14-6-7-15(21-2)16-13(14)8-9-19-17(16)11-4-3-5-12(18)10-11/h3-7,10,17,19H,8-9,18H2,1-2H3. The quantitative estimate of drug-likeness (QED) is 0.850. The zero-order chi connectivity index (χ0) is 14.8. The second-order valence-corrected chi connectivity index (χ2v) is 5.17. The number of ether oxygens (including phenoxy) is 2. The topological polar surface area (TPSA) is 56.5 Å². The number of hydrogen-bond acceptors (Lipinski definition) is 4. The number of nitrogens with one attached hydrogen (secondary N) is 1. The molecule has 0 saturated heterocycles. The van der Waals surface area contributed by atoms with E-state index in [2.05, 4.69) is 11.4 Å². The Bertz CT molecular complexity index is 655. The highest BCUT2D eigenvalue weighted by Crippen LogP contribution is 2.40. The van der Waals surface area contributed by atoms with E-state index in [-0.39, 0.29) is 6.04 Å². The summed E-state index contributed by atoms with van der Waals surface area (Å²) in [6.07, 6.45) is 0.925. The van der Waals surface area contributed by atoms with E-state index >= 15 is 0 Å². The summed E-state index contributed by atoms with van der Waals surface area (Å²) >= 11 is 0. The van der Waals surface area contributed by atoms with Crippen molar-refractivity contribution in [2.24, 2.45) is 0 Å². The first-order valence-electron chi connectivity index (χ1n) is 7.07. The van der Waals surface area contributed by atoms with Crippen LogP contribution in [0.2, 0.25) is 0 Å². The summed E-state index contributed by atoms with van der Waals surface area (Å²) < 4.78 is 11.1. The van der Waals surface area contributed by atoms with Gasteiger partial charge in [0.25, 0.3) is 0 Å². The Labute approximate surface area is 124 Å². The molecule has 2 aromatic rings. The van der Waals surface area contributed by atoms with Crippen molar-refractivity contribution >= 4 is 5.69 Å². The first-order chi connectivity index (χ1) is 10.2. The van der Waals surface area contributed by atoms with Gasteiger partial charge in [-0.1, -0.05) is 12.1 Å². The maximum Gasteiger partial charge on any atom is 0.124 e. The zero-order valence-electron chi connectivity index (χ0n) is 12.3. The number of rotatable bonds is 3. The number of hydrogen-bond donors (Lipinski definition) is 2. The van der Waals surface area contributed by atoms with Gasteiger partial charge in [-0.3, -0.25) is 0 Å². The van der Waals surface area contributed by atoms with Gasteiger partial charge in [0.05, 0.1) is 20.3 Å². The van der Waals surface area contributed by atoms with E-state index < -0.39 is 0 Å². The number of anilines is 1. The van der Waals surface area contributed by atoms with Crippen LogP contribution in [0.4, 0.5) is 5.69 Å². The van der Waals surface area contributed by atoms with Crippen LogP contribution in [0, 0.1) is 0 Å². The fourth-order valence-electron chi connectivity index (χ4n) is 3.03. The van der Waals surface area contributed by atoms with Crippen molar-refractivity contribution in [3.05, 3.63) is 53.1 Å². The van der Waals surface area contributed by atoms with Gasteiger partial charge in [-0.05, 0) is 36.2 Å². The molecule has 0 amide bonds. The van der Waals surface area contributed by atoms with Crippen LogP contribution in [-0.4, -0.2) is 20.8 Å². The van der Waals surface area contributed by atoms with E-state index in [0.717, 1.165) is 41.3 Å². The maximum atomic E-state index is 5.93. The largest absolute Gasteiger partial charge is 0.496 e. The van der Waals surface area contributed by atoms with Crippen molar-refractivity contribution in [3.63, 3.8) is 0 Å². The second-order valence-electron chi connectivity index (χ2n) is 5.17. The molecule has 1 aliphatic rings. The molecule has 2 aromatic carbocycles. The van der Waals surface area contributed by atoms with Crippen molar-refractivity contribution in [3.8, 4) is 11.5 Å². The highest BCUT2D eigenvalue weighted by atomic mass is 16.5. The molecule has 1 aliphatic heterocycles. The fourth-order valence-corrected chi connectivity index (χ4v) is 3.03. The number of fused-ring (bicyclic) bond motifs is 1. The number of nitrogen functional groups attached to an aromatic ring is 1. The van der Waals surface area contributed by atoms with Gasteiger partial charge in [0.2, 0.25) is 0 Å². The zero-order valence-corrected chi connectivity index (χ0v) is 12.3. The lowest BCUT2D eigenvalue weighted by atomic mass is 9.88. The van der Waals surface area contributed by atoms with Crippen molar-refractivity contribution in [1.29, 1.82) is 0 Å². The highest BCUT2D eigenvalue weighted by molar-refractivity contribution is 5.55. The minimum Gasteiger partial charge on any atom is -0.496 e. The van der Waals surface area contributed by atoms with Crippen LogP contribution in [-0.2, 0) is 6.42 Å². The second kappa shape index (κ2) is 5.66. The molecule has 0 aliphatic carbocycles. The molecule has 0 spiro atoms. The molecule has 3 rings (SSSR count). The van der Waals surface area contributed by atoms with E-state index in [1.54, 1.807) is 14.2 Å². The van der Waals surface area contributed by atoms with Crippen LogP contribution in [0.15, 0.2) is 36.4 Å². The lowest BCUT2D eigenvalue weighted by molar-refractivity contribution is 0.382. The molecule has 3 N–H and O–H groups in total. The molecular formula is C17H20N2O2. The third kappa shape index (κ3) is 2.43. The first kappa shape index (κ1) is 13.8. The van der Waals surface area contributed by atoms with Crippen LogP contribution < -0.4 is 20.5 Å². The van der Waals surface area contributed by atoms with E-state index in [1.807, 2.05) is 30.3 Å². The molecule has 0 saturated carbocycles. The average molecular weight is 284 g/mol. The molecule has 1 atom stereocenters. The monoisotopic (exact) mass is 284 g/mol. The third-order valence-electron chi connectivity index (χ3n) is 3.97. The van der Waals surface area contributed by atoms with Gasteiger partial charge in [-0.15, -0.1) is 0 Å². The molecule has 0 fully saturated rings. The molecule has 1 unspecified atom stereocenters. The summed E-state index contributed by atoms with van der Waals surface area (Å²) in [6, 6.07) is 12.0. The van der Waals surface area contributed by atoms with Crippen LogP contribution in [0.5, 0.6) is 11.5 Å². The lowest BCUT2D eigenvalue weighted by Crippen LogP contribution is -2.31. The predicted molar refractivity (Wildman–Crippen MR) is 84.0 cm³/mol. The van der Waals surface area contributed by atoms with Gasteiger partial charge in [0.15, 0.2) is 0 Å². The van der Waals surface area contributed by atoms with Gasteiger partial charge < -0.3 is 20.5 Å². The Balaban J connectivity index is 2.16. The molecule has 4 heteroatoms. The smallest absolute Gasteiger partial charge is 0.124 e. The molecule has 110 valence electrons. The highest BCUT2D eigenvalue weighted by Gasteiger charge is 2.27. The van der Waals surface area contributed by atoms with E-state index in [9.17, 15) is 0 Å². The number of benzene rings is 2. The summed E-state index contributed by atoms with van der Waals surface area (Å²) in [5.41, 5.74) is 10.2. The molecule has 0 radical (unpaired) electrons. The Kier molecular flexibility index (Phi) is 3.71. The van der Waals surface area contributed by atoms with Gasteiger partial charge in [0, 0.05) is 23.4 Å². The van der Waals surface area contributed by atoms with Crippen LogP contribution in [0.3, 0.4) is 0 Å². The minimum atomic E-state index is 0.0716. The van der Waals surface area contributed by atoms with E-state index in [4.69, 9.17) is 15.2 Å². The fraction of sp³-hybridized carbons (Fsp3) is 0.294. The first-order valence-corrected chi connectivity index (χ1v) is 7.07. The van der Waals surface area contributed by atoms with Gasteiger partial charge in [-0.2, -0.15) is 0 Å². The Morgan fingerprint density at radius 1 is 1.10 bits per heavy atom. The summed E-state index contributed by atoms with van der Waals surface area (Å²) in [5, 5.41) is 3.55. The van der Waals surface area contributed by atoms with Crippen molar-refractivity contribution < 1.29 is 9.47 Å². The van der Waals surface area contributed by atoms with Crippen molar-refractivity contribution in [2.45, 2.75) is 12.5 Å². The van der Waals surface area contributed by atoms with Gasteiger partial charge >= 0.3 is 0 Å². The van der Waals surface area contributed by atoms with Gasteiger partial charge in [0.1, 0.15) is 11.5 Å². The van der Waals surface area contributed by atoms with Gasteiger partial charge in [-0.25, -0.2) is 0 Å². The van der Waals surface area contributed by atoms with E-state index in [0.29, 0.717) is 0 Å². The summed E-state index contributed by atoms with van der Waals surface area (Å²) in [5.74, 6) is 1.80. The lowest BCUT2D eigenvalue weighted by Gasteiger charge is -2.30. The third-order valence-corrected chi connectivity index (χ3v) is 3.97. The van der Waals surface area contributed by atoms with Crippen LogP contribution in [0.1, 0.15) is 22.7 Å². The molecule has 1 heterocycles. The Hall–Kier alpha value is -2.20. The maximum absolute atomic E-state index is 5.93. The minimum absolute atomic E-state index is 0.0716. The molecule has 4 nitrogen and oxygen atoms in total. The molecule has 21 heavy (non-hydrogen) atoms. The van der Waals surface area contributed by atoms with Crippen molar-refractivity contribution in [1.82, 2.24) is 5.32 Å². The van der Waals surface area contributed by atoms with Crippen LogP contribution in [0.25, 0.3) is 0 Å². The van der Waals surface area contributed by atoms with Crippen molar-refractivity contribution in [2.75, 3.05) is 26.5 Å². The molecular weight excluding hydrogens is 264 g/mol. The molecule has 0 aromatic heterocycles. The Morgan fingerprint density at radius 2 is 1.86 bits per heavy atom. The van der Waals surface area contributed by atoms with E-state index in [1.165, 1.54) is 5.56 Å². The molecule has 0 bridgehead atoms. The van der Waals surface area contributed by atoms with Crippen LogP contribution >= 0.6 is 0 Å². The summed E-state index contributed by atoms with van der Waals surface area (Å²) in [7, 11) is 3.41. The SMILES string of the molecule is COc1ccc(OC)c2c1CCNC2c1cccc(N)c1. The average Bonchev–Trinajstić information content (AvgIpc) is 2.53.